The third-order valence-electron chi connectivity index (χ3n) is 3.96. The Morgan fingerprint density at radius 1 is 1.32 bits per heavy atom. The summed E-state index contributed by atoms with van der Waals surface area (Å²) in [5.74, 6) is 0.942. The van der Waals surface area contributed by atoms with Crippen LogP contribution in [0.1, 0.15) is 65.7 Å². The SMILES string of the molecule is CC(C)NC(C)(C#N)CCCCOCCC1CCC1. The van der Waals surface area contributed by atoms with E-state index in [1.807, 2.05) is 6.92 Å². The van der Waals surface area contributed by atoms with E-state index in [9.17, 15) is 5.26 Å². The van der Waals surface area contributed by atoms with E-state index in [4.69, 9.17) is 4.74 Å². The number of hydrogen-bond acceptors (Lipinski definition) is 3. The van der Waals surface area contributed by atoms with E-state index >= 15 is 0 Å². The first-order chi connectivity index (χ1) is 9.06. The standard InChI is InChI=1S/C16H30N2O/c1-14(2)18-16(3,13-17)10-4-5-11-19-12-9-15-7-6-8-15/h14-15,18H,4-12H2,1-3H3. The van der Waals surface area contributed by atoms with Crippen LogP contribution in [0.2, 0.25) is 0 Å². The molecule has 1 rings (SSSR count). The molecule has 110 valence electrons. The normalized spacial score (nSPS) is 18.9. The van der Waals surface area contributed by atoms with Crippen molar-refractivity contribution in [2.45, 2.75) is 77.3 Å². The van der Waals surface area contributed by atoms with Crippen LogP contribution >= 0.6 is 0 Å². The van der Waals surface area contributed by atoms with Crippen molar-refractivity contribution in [2.75, 3.05) is 13.2 Å². The Hall–Kier alpha value is -0.590. The second-order valence-electron chi connectivity index (χ2n) is 6.40. The highest BCUT2D eigenvalue weighted by molar-refractivity contribution is 5.04. The van der Waals surface area contributed by atoms with Gasteiger partial charge in [-0.3, -0.25) is 5.32 Å². The van der Waals surface area contributed by atoms with Crippen LogP contribution in [0.25, 0.3) is 0 Å². The van der Waals surface area contributed by atoms with Crippen LogP contribution in [0.15, 0.2) is 0 Å². The van der Waals surface area contributed by atoms with Gasteiger partial charge in [0.1, 0.15) is 5.54 Å². The Morgan fingerprint density at radius 2 is 2.05 bits per heavy atom. The molecule has 0 amide bonds. The number of nitriles is 1. The summed E-state index contributed by atoms with van der Waals surface area (Å²) < 4.78 is 5.67. The molecule has 0 spiro atoms. The molecular formula is C16H30N2O. The van der Waals surface area contributed by atoms with Gasteiger partial charge in [0.05, 0.1) is 6.07 Å². The maximum absolute atomic E-state index is 9.23. The lowest BCUT2D eigenvalue weighted by Gasteiger charge is -2.26. The minimum atomic E-state index is -0.389. The maximum Gasteiger partial charge on any atom is 0.104 e. The summed E-state index contributed by atoms with van der Waals surface area (Å²) in [6.45, 7) is 7.92. The van der Waals surface area contributed by atoms with Gasteiger partial charge in [0, 0.05) is 19.3 Å². The number of nitrogens with zero attached hydrogens (tertiary/aromatic N) is 1. The monoisotopic (exact) mass is 266 g/mol. The average Bonchev–Trinajstić information content (AvgIpc) is 2.29. The van der Waals surface area contributed by atoms with Gasteiger partial charge in [-0.1, -0.05) is 19.3 Å². The van der Waals surface area contributed by atoms with Crippen molar-refractivity contribution >= 4 is 0 Å². The zero-order valence-corrected chi connectivity index (χ0v) is 12.9. The summed E-state index contributed by atoms with van der Waals surface area (Å²) in [6, 6.07) is 2.74. The molecule has 0 aromatic rings. The molecule has 1 fully saturated rings. The summed E-state index contributed by atoms with van der Waals surface area (Å²) in [4.78, 5) is 0. The van der Waals surface area contributed by atoms with Crippen LogP contribution in [0.5, 0.6) is 0 Å². The molecule has 0 bridgehead atoms. The predicted molar refractivity (Wildman–Crippen MR) is 78.9 cm³/mol. The van der Waals surface area contributed by atoms with Gasteiger partial charge in [0.2, 0.25) is 0 Å². The average molecular weight is 266 g/mol. The number of ether oxygens (including phenoxy) is 1. The Morgan fingerprint density at radius 3 is 2.58 bits per heavy atom. The molecule has 1 unspecified atom stereocenters. The van der Waals surface area contributed by atoms with E-state index in [-0.39, 0.29) is 5.54 Å². The highest BCUT2D eigenvalue weighted by Gasteiger charge is 2.23. The fraction of sp³-hybridized carbons (Fsp3) is 0.938. The first-order valence-corrected chi connectivity index (χ1v) is 7.82. The molecule has 1 aliphatic carbocycles. The highest BCUT2D eigenvalue weighted by atomic mass is 16.5. The van der Waals surface area contributed by atoms with Crippen LogP contribution in [0, 0.1) is 17.2 Å². The van der Waals surface area contributed by atoms with Crippen LogP contribution in [0.3, 0.4) is 0 Å². The molecular weight excluding hydrogens is 236 g/mol. The van der Waals surface area contributed by atoms with Crippen molar-refractivity contribution < 1.29 is 4.74 Å². The first-order valence-electron chi connectivity index (χ1n) is 7.82. The summed E-state index contributed by atoms with van der Waals surface area (Å²) in [7, 11) is 0. The van der Waals surface area contributed by atoms with E-state index in [1.54, 1.807) is 0 Å². The summed E-state index contributed by atoms with van der Waals surface area (Å²) in [5.41, 5.74) is -0.389. The number of unbranched alkanes of at least 4 members (excludes halogenated alkanes) is 1. The van der Waals surface area contributed by atoms with E-state index in [0.29, 0.717) is 6.04 Å². The maximum atomic E-state index is 9.23. The largest absolute Gasteiger partial charge is 0.381 e. The molecule has 0 aromatic heterocycles. The molecule has 19 heavy (non-hydrogen) atoms. The third-order valence-corrected chi connectivity index (χ3v) is 3.96. The van der Waals surface area contributed by atoms with Gasteiger partial charge < -0.3 is 4.74 Å². The van der Waals surface area contributed by atoms with Gasteiger partial charge in [-0.15, -0.1) is 0 Å². The van der Waals surface area contributed by atoms with Crippen LogP contribution in [0.4, 0.5) is 0 Å². The van der Waals surface area contributed by atoms with Gasteiger partial charge in [-0.25, -0.2) is 0 Å². The molecule has 3 nitrogen and oxygen atoms in total. The summed E-state index contributed by atoms with van der Waals surface area (Å²) >= 11 is 0. The molecule has 0 aromatic carbocycles. The second kappa shape index (κ2) is 8.55. The third kappa shape index (κ3) is 6.94. The summed E-state index contributed by atoms with van der Waals surface area (Å²) in [5, 5.41) is 12.6. The Balaban J connectivity index is 1.97. The molecule has 1 N–H and O–H groups in total. The van der Waals surface area contributed by atoms with E-state index in [0.717, 1.165) is 38.4 Å². The smallest absolute Gasteiger partial charge is 0.104 e. The van der Waals surface area contributed by atoms with Gasteiger partial charge in [-0.05, 0) is 52.4 Å². The highest BCUT2D eigenvalue weighted by Crippen LogP contribution is 2.29. The van der Waals surface area contributed by atoms with Crippen molar-refractivity contribution in [2.24, 2.45) is 5.92 Å². The minimum Gasteiger partial charge on any atom is -0.381 e. The number of nitrogens with one attached hydrogen (secondary N) is 1. The quantitative estimate of drug-likeness (QED) is 0.614. The Labute approximate surface area is 118 Å². The lowest BCUT2D eigenvalue weighted by molar-refractivity contribution is 0.102. The van der Waals surface area contributed by atoms with Crippen molar-refractivity contribution in [1.82, 2.24) is 5.32 Å². The van der Waals surface area contributed by atoms with Crippen LogP contribution in [-0.2, 0) is 4.74 Å². The van der Waals surface area contributed by atoms with E-state index in [1.165, 1.54) is 25.7 Å². The second-order valence-corrected chi connectivity index (χ2v) is 6.40. The Bertz CT molecular complexity index is 281. The zero-order chi connectivity index (χ0) is 14.1. The zero-order valence-electron chi connectivity index (χ0n) is 12.9. The van der Waals surface area contributed by atoms with Crippen LogP contribution < -0.4 is 5.32 Å². The lowest BCUT2D eigenvalue weighted by atomic mass is 9.83. The fourth-order valence-corrected chi connectivity index (χ4v) is 2.61. The van der Waals surface area contributed by atoms with Crippen LogP contribution in [-0.4, -0.2) is 24.8 Å². The van der Waals surface area contributed by atoms with Gasteiger partial charge in [0.25, 0.3) is 0 Å². The van der Waals surface area contributed by atoms with Crippen molar-refractivity contribution in [3.05, 3.63) is 0 Å². The van der Waals surface area contributed by atoms with Crippen molar-refractivity contribution in [1.29, 1.82) is 5.26 Å². The van der Waals surface area contributed by atoms with Gasteiger partial charge in [-0.2, -0.15) is 5.26 Å². The predicted octanol–water partition coefficient (Wildman–Crippen LogP) is 3.64. The van der Waals surface area contributed by atoms with Gasteiger partial charge >= 0.3 is 0 Å². The summed E-state index contributed by atoms with van der Waals surface area (Å²) in [6.07, 6.45) is 8.48. The molecule has 0 saturated heterocycles. The number of hydrogen-bond donors (Lipinski definition) is 1. The molecule has 0 radical (unpaired) electrons. The molecule has 1 aliphatic rings. The number of rotatable bonds is 10. The molecule has 0 aliphatic heterocycles. The first kappa shape index (κ1) is 16.5. The topological polar surface area (TPSA) is 45.0 Å². The molecule has 0 heterocycles. The van der Waals surface area contributed by atoms with Crippen molar-refractivity contribution in [3.63, 3.8) is 0 Å². The Kier molecular flexibility index (Phi) is 7.41. The van der Waals surface area contributed by atoms with Crippen molar-refractivity contribution in [3.8, 4) is 6.07 Å². The molecule has 3 heteroatoms. The minimum absolute atomic E-state index is 0.350. The molecule has 1 atom stereocenters. The molecule has 1 saturated carbocycles. The van der Waals surface area contributed by atoms with E-state index in [2.05, 4.69) is 25.2 Å². The van der Waals surface area contributed by atoms with Gasteiger partial charge in [0.15, 0.2) is 0 Å². The van der Waals surface area contributed by atoms with E-state index < -0.39 is 0 Å². The lowest BCUT2D eigenvalue weighted by Crippen LogP contribution is -2.44. The fourth-order valence-electron chi connectivity index (χ4n) is 2.61.